The smallest absolute Gasteiger partial charge is 0.303 e. The molecule has 0 heterocycles. The Morgan fingerprint density at radius 1 is 1.30 bits per heavy atom. The van der Waals surface area contributed by atoms with Crippen molar-refractivity contribution < 1.29 is 19.4 Å². The van der Waals surface area contributed by atoms with Crippen molar-refractivity contribution in [2.45, 2.75) is 19.3 Å². The Morgan fingerprint density at radius 3 is 2.80 bits per heavy atom. The number of nitrogen functional groups attached to an aromatic ring is 1. The van der Waals surface area contributed by atoms with Gasteiger partial charge in [0.25, 0.3) is 0 Å². The fraction of sp³-hybridized carbons (Fsp3) is 0.385. The average Bonchev–Trinajstić information content (AvgIpc) is 2.45. The van der Waals surface area contributed by atoms with Gasteiger partial charge in [0.1, 0.15) is 5.75 Å². The molecule has 0 atom stereocenters. The number of ether oxygens (including phenoxy) is 1. The second kappa shape index (κ2) is 8.76. The van der Waals surface area contributed by atoms with E-state index in [1.54, 1.807) is 6.07 Å². The molecule has 0 spiro atoms. The van der Waals surface area contributed by atoms with Crippen molar-refractivity contribution >= 4 is 17.6 Å². The van der Waals surface area contributed by atoms with E-state index in [1.807, 2.05) is 18.2 Å². The van der Waals surface area contributed by atoms with Gasteiger partial charge >= 0.3 is 5.97 Å². The van der Waals surface area contributed by atoms with Crippen molar-refractivity contribution in [1.29, 1.82) is 0 Å². The molecule has 7 heteroatoms. The van der Waals surface area contributed by atoms with E-state index in [-0.39, 0.29) is 18.7 Å². The second-order valence-corrected chi connectivity index (χ2v) is 4.12. The van der Waals surface area contributed by atoms with Crippen LogP contribution in [0.25, 0.3) is 0 Å². The van der Waals surface area contributed by atoms with Crippen LogP contribution in [0.4, 0.5) is 5.69 Å². The minimum Gasteiger partial charge on any atom is -0.493 e. The number of aliphatic carboxylic acids is 1. The van der Waals surface area contributed by atoms with Crippen LogP contribution >= 0.6 is 0 Å². The molecule has 0 radical (unpaired) electrons. The van der Waals surface area contributed by atoms with Gasteiger partial charge in [0.2, 0.25) is 5.91 Å². The number of nitrogens with two attached hydrogens (primary N) is 1. The summed E-state index contributed by atoms with van der Waals surface area (Å²) in [4.78, 5) is 21.5. The molecule has 0 saturated heterocycles. The Hall–Kier alpha value is -2.28. The van der Waals surface area contributed by atoms with Gasteiger partial charge in [-0.25, -0.2) is 0 Å². The number of carbonyl (C=O) groups is 2. The van der Waals surface area contributed by atoms with Crippen molar-refractivity contribution in [2.75, 3.05) is 18.6 Å². The Bertz CT molecular complexity index is 451. The number of rotatable bonds is 9. The zero-order chi connectivity index (χ0) is 14.8. The van der Waals surface area contributed by atoms with Gasteiger partial charge in [-0.05, 0) is 18.6 Å². The van der Waals surface area contributed by atoms with E-state index in [0.29, 0.717) is 25.3 Å². The molecule has 7 nitrogen and oxygen atoms in total. The first-order valence-corrected chi connectivity index (χ1v) is 6.30. The van der Waals surface area contributed by atoms with Crippen molar-refractivity contribution in [1.82, 2.24) is 5.32 Å². The average molecular weight is 281 g/mol. The third-order valence-electron chi connectivity index (χ3n) is 2.48. The third-order valence-corrected chi connectivity index (χ3v) is 2.48. The van der Waals surface area contributed by atoms with Crippen LogP contribution in [-0.4, -0.2) is 30.1 Å². The fourth-order valence-corrected chi connectivity index (χ4v) is 1.47. The lowest BCUT2D eigenvalue weighted by Gasteiger charge is -2.08. The van der Waals surface area contributed by atoms with Gasteiger partial charge in [-0.15, -0.1) is 0 Å². The lowest BCUT2D eigenvalue weighted by atomic mass is 10.3. The van der Waals surface area contributed by atoms with Gasteiger partial charge in [-0.3, -0.25) is 15.4 Å². The standard InChI is InChI=1S/C13H19N3O4/c14-16-10-3-1-4-11(9-10)20-8-2-7-15-12(17)5-6-13(18)19/h1,3-4,9,16H,2,5-8,14H2,(H,15,17)(H,18,19). The first-order valence-electron chi connectivity index (χ1n) is 6.30. The van der Waals surface area contributed by atoms with Gasteiger partial charge in [0, 0.05) is 19.0 Å². The van der Waals surface area contributed by atoms with Crippen molar-refractivity contribution in [3.05, 3.63) is 24.3 Å². The van der Waals surface area contributed by atoms with E-state index in [2.05, 4.69) is 10.7 Å². The SMILES string of the molecule is NNc1cccc(OCCCNC(=O)CCC(=O)O)c1. The maximum atomic E-state index is 11.2. The first-order chi connectivity index (χ1) is 9.61. The molecule has 0 unspecified atom stereocenters. The second-order valence-electron chi connectivity index (χ2n) is 4.12. The van der Waals surface area contributed by atoms with Crippen LogP contribution in [-0.2, 0) is 9.59 Å². The third kappa shape index (κ3) is 6.60. The molecule has 0 aliphatic carbocycles. The number of nitrogens with one attached hydrogen (secondary N) is 2. The molecule has 0 bridgehead atoms. The maximum Gasteiger partial charge on any atom is 0.303 e. The highest BCUT2D eigenvalue weighted by atomic mass is 16.5. The molecule has 0 aromatic heterocycles. The van der Waals surface area contributed by atoms with Gasteiger partial charge in [-0.2, -0.15) is 0 Å². The van der Waals surface area contributed by atoms with E-state index >= 15 is 0 Å². The Labute approximate surface area is 117 Å². The minimum atomic E-state index is -0.975. The van der Waals surface area contributed by atoms with E-state index in [9.17, 15) is 9.59 Å². The molecule has 0 aliphatic heterocycles. The summed E-state index contributed by atoms with van der Waals surface area (Å²) in [5.74, 6) is 4.74. The molecule has 1 amide bonds. The number of hydrogen-bond acceptors (Lipinski definition) is 5. The van der Waals surface area contributed by atoms with Gasteiger partial charge < -0.3 is 20.6 Å². The molecule has 0 saturated carbocycles. The highest BCUT2D eigenvalue weighted by molar-refractivity contribution is 5.80. The van der Waals surface area contributed by atoms with Crippen molar-refractivity contribution in [3.8, 4) is 5.75 Å². The Kier molecular flexibility index (Phi) is 6.91. The summed E-state index contributed by atoms with van der Waals surface area (Å²) < 4.78 is 5.49. The highest BCUT2D eigenvalue weighted by Gasteiger charge is 2.04. The van der Waals surface area contributed by atoms with Crippen molar-refractivity contribution in [2.24, 2.45) is 5.84 Å². The van der Waals surface area contributed by atoms with E-state index in [4.69, 9.17) is 15.7 Å². The van der Waals surface area contributed by atoms with E-state index in [0.717, 1.165) is 5.69 Å². The van der Waals surface area contributed by atoms with Crippen LogP contribution in [0.1, 0.15) is 19.3 Å². The number of carboxylic acids is 1. The molecule has 20 heavy (non-hydrogen) atoms. The number of carboxylic acid groups (broad SMARTS) is 1. The molecule has 1 aromatic rings. The minimum absolute atomic E-state index is 0.000402. The first kappa shape index (κ1) is 15.8. The van der Waals surface area contributed by atoms with Crippen LogP contribution in [0.2, 0.25) is 0 Å². The van der Waals surface area contributed by atoms with Crippen LogP contribution < -0.4 is 21.3 Å². The summed E-state index contributed by atoms with van der Waals surface area (Å²) in [5, 5.41) is 11.1. The summed E-state index contributed by atoms with van der Waals surface area (Å²) in [6, 6.07) is 7.21. The molecule has 110 valence electrons. The molecular weight excluding hydrogens is 262 g/mol. The number of amides is 1. The number of hydrazine groups is 1. The zero-order valence-corrected chi connectivity index (χ0v) is 11.1. The summed E-state index contributed by atoms with van der Waals surface area (Å²) in [7, 11) is 0. The summed E-state index contributed by atoms with van der Waals surface area (Å²) in [6.45, 7) is 0.903. The van der Waals surface area contributed by atoms with E-state index in [1.165, 1.54) is 0 Å². The summed E-state index contributed by atoms with van der Waals surface area (Å²) in [6.07, 6.45) is 0.487. The predicted molar refractivity (Wildman–Crippen MR) is 74.2 cm³/mol. The zero-order valence-electron chi connectivity index (χ0n) is 11.1. The Morgan fingerprint density at radius 2 is 2.10 bits per heavy atom. The maximum absolute atomic E-state index is 11.2. The number of carbonyl (C=O) groups excluding carboxylic acids is 1. The summed E-state index contributed by atoms with van der Waals surface area (Å²) in [5.41, 5.74) is 3.28. The largest absolute Gasteiger partial charge is 0.493 e. The van der Waals surface area contributed by atoms with Gasteiger partial charge in [-0.1, -0.05) is 6.07 Å². The van der Waals surface area contributed by atoms with Crippen LogP contribution in [0.15, 0.2) is 24.3 Å². The fourth-order valence-electron chi connectivity index (χ4n) is 1.47. The highest BCUT2D eigenvalue weighted by Crippen LogP contribution is 2.16. The van der Waals surface area contributed by atoms with Gasteiger partial charge in [0.15, 0.2) is 0 Å². The number of benzene rings is 1. The lowest BCUT2D eigenvalue weighted by molar-refractivity contribution is -0.138. The molecule has 1 aromatic carbocycles. The molecular formula is C13H19N3O4. The molecule has 0 fully saturated rings. The molecule has 0 aliphatic rings. The summed E-state index contributed by atoms with van der Waals surface area (Å²) >= 11 is 0. The van der Waals surface area contributed by atoms with Crippen LogP contribution in [0.5, 0.6) is 5.75 Å². The normalized spacial score (nSPS) is 9.85. The van der Waals surface area contributed by atoms with Crippen LogP contribution in [0.3, 0.4) is 0 Å². The topological polar surface area (TPSA) is 114 Å². The number of hydrogen-bond donors (Lipinski definition) is 4. The van der Waals surface area contributed by atoms with Gasteiger partial charge in [0.05, 0.1) is 18.7 Å². The van der Waals surface area contributed by atoms with Crippen LogP contribution in [0, 0.1) is 0 Å². The van der Waals surface area contributed by atoms with E-state index < -0.39 is 5.97 Å². The number of anilines is 1. The molecule has 1 rings (SSSR count). The quantitative estimate of drug-likeness (QED) is 0.301. The molecule has 5 N–H and O–H groups in total. The van der Waals surface area contributed by atoms with Crippen molar-refractivity contribution in [3.63, 3.8) is 0 Å². The Balaban J connectivity index is 2.12. The predicted octanol–water partition coefficient (Wildman–Crippen LogP) is 0.722. The lowest BCUT2D eigenvalue weighted by Crippen LogP contribution is -2.25. The monoisotopic (exact) mass is 281 g/mol.